The lowest BCUT2D eigenvalue weighted by Crippen LogP contribution is -2.34. The van der Waals surface area contributed by atoms with Crippen LogP contribution in [0.1, 0.15) is 39.0 Å². The van der Waals surface area contributed by atoms with Gasteiger partial charge in [0.1, 0.15) is 0 Å². The summed E-state index contributed by atoms with van der Waals surface area (Å²) < 4.78 is 10.7. The molecule has 0 saturated heterocycles. The SMILES string of the molecule is CCC(=O)N1CCc2sc(C(=O)NCc3ccc4c(c3)OCO4)cc2C1. The maximum atomic E-state index is 12.5. The lowest BCUT2D eigenvalue weighted by atomic mass is 10.1. The zero-order valence-corrected chi connectivity index (χ0v) is 15.4. The summed E-state index contributed by atoms with van der Waals surface area (Å²) >= 11 is 1.53. The number of hydrogen-bond donors (Lipinski definition) is 1. The Bertz CT molecular complexity index is 861. The topological polar surface area (TPSA) is 67.9 Å². The Morgan fingerprint density at radius 2 is 2.08 bits per heavy atom. The zero-order chi connectivity index (χ0) is 18.1. The van der Waals surface area contributed by atoms with Gasteiger partial charge in [0.25, 0.3) is 5.91 Å². The molecular weight excluding hydrogens is 352 g/mol. The van der Waals surface area contributed by atoms with Crippen LogP contribution in [0.4, 0.5) is 0 Å². The van der Waals surface area contributed by atoms with Gasteiger partial charge in [-0.2, -0.15) is 0 Å². The van der Waals surface area contributed by atoms with Gasteiger partial charge >= 0.3 is 0 Å². The molecule has 0 unspecified atom stereocenters. The van der Waals surface area contributed by atoms with Crippen LogP contribution in [0.5, 0.6) is 11.5 Å². The molecule has 1 N–H and O–H groups in total. The molecular formula is C19H20N2O4S. The van der Waals surface area contributed by atoms with Gasteiger partial charge in [-0.05, 0) is 35.7 Å². The summed E-state index contributed by atoms with van der Waals surface area (Å²) in [5.41, 5.74) is 2.06. The Morgan fingerprint density at radius 3 is 2.92 bits per heavy atom. The molecule has 0 atom stereocenters. The molecule has 0 radical (unpaired) electrons. The molecule has 26 heavy (non-hydrogen) atoms. The van der Waals surface area contributed by atoms with Crippen molar-refractivity contribution in [3.05, 3.63) is 45.1 Å². The molecule has 1 aromatic heterocycles. The van der Waals surface area contributed by atoms with E-state index in [1.54, 1.807) is 0 Å². The van der Waals surface area contributed by atoms with E-state index in [9.17, 15) is 9.59 Å². The van der Waals surface area contributed by atoms with Crippen LogP contribution in [0.3, 0.4) is 0 Å². The fraction of sp³-hybridized carbons (Fsp3) is 0.368. The molecule has 2 amide bonds. The molecule has 0 aliphatic carbocycles. The average molecular weight is 372 g/mol. The number of nitrogens with one attached hydrogen (secondary N) is 1. The van der Waals surface area contributed by atoms with Crippen molar-refractivity contribution in [1.82, 2.24) is 10.2 Å². The van der Waals surface area contributed by atoms with Crippen LogP contribution >= 0.6 is 11.3 Å². The van der Waals surface area contributed by atoms with E-state index in [1.165, 1.54) is 16.2 Å². The predicted molar refractivity (Wildman–Crippen MR) is 97.5 cm³/mol. The van der Waals surface area contributed by atoms with E-state index in [4.69, 9.17) is 9.47 Å². The number of carbonyl (C=O) groups excluding carboxylic acids is 2. The first-order valence-electron chi connectivity index (χ1n) is 8.70. The van der Waals surface area contributed by atoms with Gasteiger partial charge in [0.2, 0.25) is 12.7 Å². The van der Waals surface area contributed by atoms with Gasteiger partial charge in [-0.1, -0.05) is 13.0 Å². The van der Waals surface area contributed by atoms with Crippen LogP contribution in [0, 0.1) is 0 Å². The van der Waals surface area contributed by atoms with Crippen molar-refractivity contribution in [1.29, 1.82) is 0 Å². The van der Waals surface area contributed by atoms with Crippen LogP contribution in [0.15, 0.2) is 24.3 Å². The molecule has 0 spiro atoms. The first-order chi connectivity index (χ1) is 12.6. The van der Waals surface area contributed by atoms with E-state index < -0.39 is 0 Å². The van der Waals surface area contributed by atoms with Crippen molar-refractivity contribution in [2.24, 2.45) is 0 Å². The number of benzene rings is 1. The maximum absolute atomic E-state index is 12.5. The molecule has 3 heterocycles. The van der Waals surface area contributed by atoms with E-state index in [-0.39, 0.29) is 18.6 Å². The van der Waals surface area contributed by atoms with Crippen molar-refractivity contribution < 1.29 is 19.1 Å². The third kappa shape index (κ3) is 3.26. The number of hydrogen-bond acceptors (Lipinski definition) is 5. The quantitative estimate of drug-likeness (QED) is 0.896. The molecule has 0 saturated carbocycles. The van der Waals surface area contributed by atoms with Gasteiger partial charge < -0.3 is 19.7 Å². The highest BCUT2D eigenvalue weighted by Crippen LogP contribution is 2.32. The van der Waals surface area contributed by atoms with Crippen molar-refractivity contribution in [2.75, 3.05) is 13.3 Å². The second-order valence-electron chi connectivity index (χ2n) is 6.35. The molecule has 6 nitrogen and oxygen atoms in total. The summed E-state index contributed by atoms with van der Waals surface area (Å²) in [5, 5.41) is 2.96. The molecule has 0 fully saturated rings. The smallest absolute Gasteiger partial charge is 0.261 e. The van der Waals surface area contributed by atoms with Gasteiger partial charge in [-0.3, -0.25) is 9.59 Å². The minimum Gasteiger partial charge on any atom is -0.454 e. The number of carbonyl (C=O) groups is 2. The van der Waals surface area contributed by atoms with Crippen LogP contribution < -0.4 is 14.8 Å². The van der Waals surface area contributed by atoms with Crippen molar-refractivity contribution in [2.45, 2.75) is 32.9 Å². The lowest BCUT2D eigenvalue weighted by molar-refractivity contribution is -0.131. The second-order valence-corrected chi connectivity index (χ2v) is 7.48. The highest BCUT2D eigenvalue weighted by Gasteiger charge is 2.23. The molecule has 2 aliphatic rings. The minimum atomic E-state index is -0.0876. The molecule has 136 valence electrons. The molecule has 2 aromatic rings. The molecule has 1 aromatic carbocycles. The zero-order valence-electron chi connectivity index (χ0n) is 14.5. The van der Waals surface area contributed by atoms with Crippen molar-refractivity contribution in [3.63, 3.8) is 0 Å². The maximum Gasteiger partial charge on any atom is 0.261 e. The number of thiophene rings is 1. The number of amides is 2. The molecule has 2 aliphatic heterocycles. The Balaban J connectivity index is 1.40. The first kappa shape index (κ1) is 16.9. The van der Waals surface area contributed by atoms with E-state index in [0.29, 0.717) is 30.1 Å². The summed E-state index contributed by atoms with van der Waals surface area (Å²) in [6, 6.07) is 7.58. The van der Waals surface area contributed by atoms with Crippen molar-refractivity contribution in [3.8, 4) is 11.5 Å². The molecule has 7 heteroatoms. The fourth-order valence-electron chi connectivity index (χ4n) is 3.20. The van der Waals surface area contributed by atoms with Crippen LogP contribution in [-0.2, 0) is 24.3 Å². The van der Waals surface area contributed by atoms with Gasteiger partial charge in [-0.25, -0.2) is 0 Å². The number of nitrogens with zero attached hydrogens (tertiary/aromatic N) is 1. The Morgan fingerprint density at radius 1 is 1.23 bits per heavy atom. The molecule has 4 rings (SSSR count). The summed E-state index contributed by atoms with van der Waals surface area (Å²) in [4.78, 5) is 28.2. The largest absolute Gasteiger partial charge is 0.454 e. The summed E-state index contributed by atoms with van der Waals surface area (Å²) in [5.74, 6) is 1.52. The number of rotatable bonds is 4. The van der Waals surface area contributed by atoms with Crippen LogP contribution in [0.25, 0.3) is 0 Å². The van der Waals surface area contributed by atoms with E-state index in [2.05, 4.69) is 5.32 Å². The van der Waals surface area contributed by atoms with Gasteiger partial charge in [0.05, 0.1) is 4.88 Å². The normalized spacial score (nSPS) is 14.9. The van der Waals surface area contributed by atoms with E-state index in [0.717, 1.165) is 29.8 Å². The predicted octanol–water partition coefficient (Wildman–Crippen LogP) is 2.70. The summed E-state index contributed by atoms with van der Waals surface area (Å²) in [7, 11) is 0. The minimum absolute atomic E-state index is 0.0876. The third-order valence-corrected chi connectivity index (χ3v) is 5.87. The average Bonchev–Trinajstić information content (AvgIpc) is 3.30. The number of ether oxygens (including phenoxy) is 2. The van der Waals surface area contributed by atoms with Gasteiger partial charge in [-0.15, -0.1) is 11.3 Å². The Hall–Kier alpha value is -2.54. The number of fused-ring (bicyclic) bond motifs is 2. The standard InChI is InChI=1S/C19H20N2O4S/c1-2-18(22)21-6-5-16-13(10-21)8-17(26-16)19(23)20-9-12-3-4-14-15(7-12)25-11-24-14/h3-4,7-8H,2,5-6,9-11H2,1H3,(H,20,23). The first-order valence-corrected chi connectivity index (χ1v) is 9.51. The highest BCUT2D eigenvalue weighted by molar-refractivity contribution is 7.14. The summed E-state index contributed by atoms with van der Waals surface area (Å²) in [6.45, 7) is 3.88. The monoisotopic (exact) mass is 372 g/mol. The van der Waals surface area contributed by atoms with Gasteiger partial charge in [0, 0.05) is 30.9 Å². The van der Waals surface area contributed by atoms with Crippen LogP contribution in [0.2, 0.25) is 0 Å². The van der Waals surface area contributed by atoms with Crippen molar-refractivity contribution >= 4 is 23.2 Å². The van der Waals surface area contributed by atoms with E-state index in [1.807, 2.05) is 36.1 Å². The highest BCUT2D eigenvalue weighted by atomic mass is 32.1. The van der Waals surface area contributed by atoms with Crippen LogP contribution in [-0.4, -0.2) is 30.1 Å². The molecule has 0 bridgehead atoms. The summed E-state index contributed by atoms with van der Waals surface area (Å²) in [6.07, 6.45) is 1.34. The Labute approximate surface area is 155 Å². The lowest BCUT2D eigenvalue weighted by Gasteiger charge is -2.26. The Kier molecular flexibility index (Phi) is 4.55. The second kappa shape index (κ2) is 6.99. The fourth-order valence-corrected chi connectivity index (χ4v) is 4.28. The van der Waals surface area contributed by atoms with Gasteiger partial charge in [0.15, 0.2) is 11.5 Å². The van der Waals surface area contributed by atoms with E-state index >= 15 is 0 Å². The third-order valence-electron chi connectivity index (χ3n) is 4.64.